The molecule has 0 unspecified atom stereocenters. The van der Waals surface area contributed by atoms with E-state index in [-0.39, 0.29) is 18.6 Å². The number of carbonyl (C=O) groups excluding carboxylic acids is 1. The lowest BCUT2D eigenvalue weighted by Crippen LogP contribution is -2.42. The summed E-state index contributed by atoms with van der Waals surface area (Å²) in [5.74, 6) is -1.02. The van der Waals surface area contributed by atoms with Crippen molar-refractivity contribution in [1.82, 2.24) is 10.2 Å². The molecule has 0 saturated carbocycles. The second-order valence-corrected chi connectivity index (χ2v) is 2.85. The molecule has 0 saturated heterocycles. The predicted molar refractivity (Wildman–Crippen MR) is 43.9 cm³/mol. The van der Waals surface area contributed by atoms with Crippen molar-refractivity contribution in [3.05, 3.63) is 0 Å². The van der Waals surface area contributed by atoms with Gasteiger partial charge in [0, 0.05) is 13.1 Å². The SMILES string of the molecule is CC(C)NC(=O)N(C)CC(=O)O. The molecular weight excluding hydrogens is 160 g/mol. The van der Waals surface area contributed by atoms with Gasteiger partial charge in [0.1, 0.15) is 6.54 Å². The molecule has 12 heavy (non-hydrogen) atoms. The molecule has 0 aromatic heterocycles. The number of amides is 2. The normalized spacial score (nSPS) is 9.67. The number of likely N-dealkylation sites (N-methyl/N-ethyl adjacent to an activating group) is 1. The Morgan fingerprint density at radius 3 is 2.33 bits per heavy atom. The van der Waals surface area contributed by atoms with Gasteiger partial charge in [0.2, 0.25) is 0 Å². The number of hydrogen-bond donors (Lipinski definition) is 2. The molecular formula is C7H14N2O3. The summed E-state index contributed by atoms with van der Waals surface area (Å²) in [7, 11) is 1.44. The number of urea groups is 1. The minimum atomic E-state index is -1.02. The lowest BCUT2D eigenvalue weighted by molar-refractivity contribution is -0.137. The highest BCUT2D eigenvalue weighted by molar-refractivity contribution is 5.79. The van der Waals surface area contributed by atoms with E-state index in [1.807, 2.05) is 13.8 Å². The van der Waals surface area contributed by atoms with Crippen LogP contribution >= 0.6 is 0 Å². The fourth-order valence-corrected chi connectivity index (χ4v) is 0.632. The summed E-state index contributed by atoms with van der Waals surface area (Å²) in [6.45, 7) is 3.34. The lowest BCUT2D eigenvalue weighted by Gasteiger charge is -2.17. The van der Waals surface area contributed by atoms with Gasteiger partial charge < -0.3 is 15.3 Å². The van der Waals surface area contributed by atoms with E-state index in [1.54, 1.807) is 0 Å². The van der Waals surface area contributed by atoms with Crippen LogP contribution in [0.2, 0.25) is 0 Å². The number of nitrogens with zero attached hydrogens (tertiary/aromatic N) is 1. The second kappa shape index (κ2) is 4.58. The van der Waals surface area contributed by atoms with Crippen LogP contribution in [0.25, 0.3) is 0 Å². The third kappa shape index (κ3) is 4.54. The Hall–Kier alpha value is -1.26. The molecule has 0 rings (SSSR count). The van der Waals surface area contributed by atoms with Gasteiger partial charge in [-0.05, 0) is 13.8 Å². The zero-order chi connectivity index (χ0) is 9.72. The summed E-state index contributed by atoms with van der Waals surface area (Å²) in [5.41, 5.74) is 0. The molecule has 0 spiro atoms. The molecule has 0 aromatic carbocycles. The number of carbonyl (C=O) groups is 2. The number of hydrogen-bond acceptors (Lipinski definition) is 2. The van der Waals surface area contributed by atoms with Gasteiger partial charge in [-0.2, -0.15) is 0 Å². The number of carboxylic acids is 1. The predicted octanol–water partition coefficient (Wildman–Crippen LogP) is 0.121. The second-order valence-electron chi connectivity index (χ2n) is 2.85. The third-order valence-electron chi connectivity index (χ3n) is 1.13. The van der Waals surface area contributed by atoms with E-state index in [9.17, 15) is 9.59 Å². The highest BCUT2D eigenvalue weighted by atomic mass is 16.4. The summed E-state index contributed by atoms with van der Waals surface area (Å²) in [6.07, 6.45) is 0. The Morgan fingerprint density at radius 1 is 1.50 bits per heavy atom. The molecule has 0 aliphatic heterocycles. The minimum Gasteiger partial charge on any atom is -0.480 e. The van der Waals surface area contributed by atoms with Crippen LogP contribution in [0.5, 0.6) is 0 Å². The van der Waals surface area contributed by atoms with Gasteiger partial charge >= 0.3 is 12.0 Å². The van der Waals surface area contributed by atoms with Crippen LogP contribution in [-0.4, -0.2) is 41.6 Å². The van der Waals surface area contributed by atoms with Gasteiger partial charge in [0.15, 0.2) is 0 Å². The minimum absolute atomic E-state index is 0.0220. The molecule has 0 atom stereocenters. The van der Waals surface area contributed by atoms with Gasteiger partial charge in [0.05, 0.1) is 0 Å². The largest absolute Gasteiger partial charge is 0.480 e. The van der Waals surface area contributed by atoms with Crippen LogP contribution in [0.4, 0.5) is 4.79 Å². The fourth-order valence-electron chi connectivity index (χ4n) is 0.632. The van der Waals surface area contributed by atoms with E-state index >= 15 is 0 Å². The van der Waals surface area contributed by atoms with Gasteiger partial charge in [-0.3, -0.25) is 4.79 Å². The maximum atomic E-state index is 11.0. The van der Waals surface area contributed by atoms with Crippen LogP contribution in [0, 0.1) is 0 Å². The van der Waals surface area contributed by atoms with Crippen LogP contribution in [-0.2, 0) is 4.79 Å². The number of aliphatic carboxylic acids is 1. The number of nitrogens with one attached hydrogen (secondary N) is 1. The maximum Gasteiger partial charge on any atom is 0.323 e. The van der Waals surface area contributed by atoms with Gasteiger partial charge in [-0.1, -0.05) is 0 Å². The summed E-state index contributed by atoms with van der Waals surface area (Å²) < 4.78 is 0. The Balaban J connectivity index is 3.85. The highest BCUT2D eigenvalue weighted by Gasteiger charge is 2.11. The summed E-state index contributed by atoms with van der Waals surface area (Å²) in [5, 5.41) is 10.9. The van der Waals surface area contributed by atoms with Crippen LogP contribution in [0.15, 0.2) is 0 Å². The summed E-state index contributed by atoms with van der Waals surface area (Å²) in [4.78, 5) is 22.3. The number of rotatable bonds is 3. The Morgan fingerprint density at radius 2 is 2.00 bits per heavy atom. The first kappa shape index (κ1) is 10.7. The summed E-state index contributed by atoms with van der Waals surface area (Å²) in [6, 6.07) is -0.346. The molecule has 0 aliphatic carbocycles. The van der Waals surface area contributed by atoms with Crippen molar-refractivity contribution in [1.29, 1.82) is 0 Å². The van der Waals surface area contributed by atoms with Gasteiger partial charge in [-0.15, -0.1) is 0 Å². The van der Waals surface area contributed by atoms with E-state index in [0.29, 0.717) is 0 Å². The maximum absolute atomic E-state index is 11.0. The Bertz CT molecular complexity index is 179. The smallest absolute Gasteiger partial charge is 0.323 e. The van der Waals surface area contributed by atoms with Gasteiger partial charge in [-0.25, -0.2) is 4.79 Å². The van der Waals surface area contributed by atoms with Crippen molar-refractivity contribution >= 4 is 12.0 Å². The van der Waals surface area contributed by atoms with E-state index in [0.717, 1.165) is 4.90 Å². The van der Waals surface area contributed by atoms with Crippen LogP contribution < -0.4 is 5.32 Å². The quantitative estimate of drug-likeness (QED) is 0.638. The van der Waals surface area contributed by atoms with E-state index in [1.165, 1.54) is 7.05 Å². The molecule has 5 nitrogen and oxygen atoms in total. The molecule has 5 heteroatoms. The third-order valence-corrected chi connectivity index (χ3v) is 1.13. The standard InChI is InChI=1S/C7H14N2O3/c1-5(2)8-7(12)9(3)4-6(10)11/h5H,4H2,1-3H3,(H,8,12)(H,10,11). The zero-order valence-electron chi connectivity index (χ0n) is 7.50. The number of carboxylic acid groups (broad SMARTS) is 1. The molecule has 0 aromatic rings. The summed E-state index contributed by atoms with van der Waals surface area (Å²) >= 11 is 0. The average Bonchev–Trinajstić information content (AvgIpc) is 1.84. The first-order valence-electron chi connectivity index (χ1n) is 3.67. The van der Waals surface area contributed by atoms with E-state index in [4.69, 9.17) is 5.11 Å². The molecule has 2 N–H and O–H groups in total. The zero-order valence-corrected chi connectivity index (χ0v) is 7.50. The van der Waals surface area contributed by atoms with Crippen LogP contribution in [0.1, 0.15) is 13.8 Å². The van der Waals surface area contributed by atoms with E-state index in [2.05, 4.69) is 5.32 Å². The first-order valence-corrected chi connectivity index (χ1v) is 3.67. The molecule has 0 aliphatic rings. The topological polar surface area (TPSA) is 69.6 Å². The first-order chi connectivity index (χ1) is 5.43. The molecule has 70 valence electrons. The van der Waals surface area contributed by atoms with Gasteiger partial charge in [0.25, 0.3) is 0 Å². The average molecular weight is 174 g/mol. The van der Waals surface area contributed by atoms with Crippen LogP contribution in [0.3, 0.4) is 0 Å². The van der Waals surface area contributed by atoms with Crippen molar-refractivity contribution in [2.45, 2.75) is 19.9 Å². The molecule has 0 radical (unpaired) electrons. The van der Waals surface area contributed by atoms with Crippen molar-refractivity contribution in [2.24, 2.45) is 0 Å². The molecule has 2 amide bonds. The van der Waals surface area contributed by atoms with Crippen molar-refractivity contribution < 1.29 is 14.7 Å². The molecule has 0 fully saturated rings. The highest BCUT2D eigenvalue weighted by Crippen LogP contribution is 1.86. The Labute approximate surface area is 71.4 Å². The van der Waals surface area contributed by atoms with Crippen molar-refractivity contribution in [2.75, 3.05) is 13.6 Å². The monoisotopic (exact) mass is 174 g/mol. The van der Waals surface area contributed by atoms with E-state index < -0.39 is 5.97 Å². The van der Waals surface area contributed by atoms with Crippen molar-refractivity contribution in [3.8, 4) is 0 Å². The molecule has 0 heterocycles. The van der Waals surface area contributed by atoms with Crippen molar-refractivity contribution in [3.63, 3.8) is 0 Å². The molecule has 0 bridgehead atoms. The lowest BCUT2D eigenvalue weighted by atomic mass is 10.4. The fraction of sp³-hybridized carbons (Fsp3) is 0.714. The Kier molecular flexibility index (Phi) is 4.10.